The van der Waals surface area contributed by atoms with E-state index in [1.807, 2.05) is 18.2 Å². The Morgan fingerprint density at radius 1 is 1.29 bits per heavy atom. The van der Waals surface area contributed by atoms with Crippen molar-refractivity contribution in [2.75, 3.05) is 6.54 Å². The fourth-order valence-corrected chi connectivity index (χ4v) is 4.10. The molecule has 2 nitrogen and oxygen atoms in total. The Bertz CT molecular complexity index is 496. The minimum atomic E-state index is 0.168. The average molecular weight is 417 g/mol. The Morgan fingerprint density at radius 3 is 2.52 bits per heavy atom. The Labute approximate surface area is 144 Å². The van der Waals surface area contributed by atoms with E-state index in [4.69, 9.17) is 0 Å². The lowest BCUT2D eigenvalue weighted by molar-refractivity contribution is 0.0671. The molecule has 1 fully saturated rings. The first-order chi connectivity index (χ1) is 9.99. The zero-order valence-electron chi connectivity index (χ0n) is 12.7. The van der Waals surface area contributed by atoms with Gasteiger partial charge in [-0.05, 0) is 59.3 Å². The van der Waals surface area contributed by atoms with Crippen molar-refractivity contribution in [1.82, 2.24) is 4.90 Å². The smallest absolute Gasteiger partial charge is 0.255 e. The van der Waals surface area contributed by atoms with Gasteiger partial charge >= 0.3 is 0 Å². The molecule has 1 amide bonds. The highest BCUT2D eigenvalue weighted by atomic mass is 79.9. The summed E-state index contributed by atoms with van der Waals surface area (Å²) in [5.41, 5.74) is 0.772. The molecule has 0 saturated heterocycles. The lowest BCUT2D eigenvalue weighted by atomic mass is 10.1. The van der Waals surface area contributed by atoms with Crippen LogP contribution in [0.1, 0.15) is 56.3 Å². The Balaban J connectivity index is 2.19. The number of hydrogen-bond donors (Lipinski definition) is 0. The van der Waals surface area contributed by atoms with Crippen LogP contribution in [0.4, 0.5) is 0 Å². The number of nitrogens with zero attached hydrogens (tertiary/aromatic N) is 1. The summed E-state index contributed by atoms with van der Waals surface area (Å²) in [5, 5.41) is 0. The van der Waals surface area contributed by atoms with Crippen LogP contribution < -0.4 is 0 Å². The standard InChI is InChI=1S/C17H23Br2NO/c1-12(2)9-10-20(14-5-3-4-6-14)17(21)15-8-7-13(18)11-16(15)19/h7-8,11-12,14H,3-6,9-10H2,1-2H3. The number of carbonyl (C=O) groups is 1. The van der Waals surface area contributed by atoms with Gasteiger partial charge in [0.25, 0.3) is 5.91 Å². The third kappa shape index (κ3) is 4.56. The maximum Gasteiger partial charge on any atom is 0.255 e. The number of halogens is 2. The normalized spacial score (nSPS) is 15.7. The molecule has 0 aliphatic heterocycles. The second-order valence-electron chi connectivity index (χ2n) is 6.24. The first-order valence-corrected chi connectivity index (χ1v) is 9.33. The predicted octanol–water partition coefficient (Wildman–Crippen LogP) is 5.64. The van der Waals surface area contributed by atoms with Crippen molar-refractivity contribution in [2.24, 2.45) is 5.92 Å². The molecular formula is C17H23Br2NO. The maximum absolute atomic E-state index is 13.0. The van der Waals surface area contributed by atoms with Crippen LogP contribution in [-0.2, 0) is 0 Å². The van der Waals surface area contributed by atoms with Gasteiger partial charge in [0, 0.05) is 21.5 Å². The molecular weight excluding hydrogens is 394 g/mol. The molecule has 0 bridgehead atoms. The van der Waals surface area contributed by atoms with E-state index in [9.17, 15) is 4.79 Å². The summed E-state index contributed by atoms with van der Waals surface area (Å²) in [4.78, 5) is 15.1. The summed E-state index contributed by atoms with van der Waals surface area (Å²) >= 11 is 6.97. The summed E-state index contributed by atoms with van der Waals surface area (Å²) in [6, 6.07) is 6.22. The number of rotatable bonds is 5. The van der Waals surface area contributed by atoms with E-state index in [2.05, 4.69) is 50.6 Å². The van der Waals surface area contributed by atoms with Gasteiger partial charge in [0.15, 0.2) is 0 Å². The fourth-order valence-electron chi connectivity index (χ4n) is 2.88. The number of carbonyl (C=O) groups excluding carboxylic acids is 1. The third-order valence-corrected chi connectivity index (χ3v) is 5.28. The van der Waals surface area contributed by atoms with Gasteiger partial charge in [0.2, 0.25) is 0 Å². The minimum Gasteiger partial charge on any atom is -0.336 e. The molecule has 116 valence electrons. The highest BCUT2D eigenvalue weighted by Gasteiger charge is 2.28. The highest BCUT2D eigenvalue weighted by molar-refractivity contribution is 9.11. The quantitative estimate of drug-likeness (QED) is 0.607. The van der Waals surface area contributed by atoms with Crippen LogP contribution in [0, 0.1) is 5.92 Å². The monoisotopic (exact) mass is 415 g/mol. The van der Waals surface area contributed by atoms with Gasteiger partial charge in [-0.25, -0.2) is 0 Å². The van der Waals surface area contributed by atoms with Crippen LogP contribution in [0.3, 0.4) is 0 Å². The molecule has 0 aromatic heterocycles. The van der Waals surface area contributed by atoms with Crippen molar-refractivity contribution < 1.29 is 4.79 Å². The number of amides is 1. The van der Waals surface area contributed by atoms with E-state index in [1.54, 1.807) is 0 Å². The van der Waals surface area contributed by atoms with Crippen molar-refractivity contribution in [3.63, 3.8) is 0 Å². The molecule has 0 N–H and O–H groups in total. The van der Waals surface area contributed by atoms with Crippen LogP contribution >= 0.6 is 31.9 Å². The SMILES string of the molecule is CC(C)CCN(C(=O)c1ccc(Br)cc1Br)C1CCCC1. The van der Waals surface area contributed by atoms with Crippen LogP contribution in [0.2, 0.25) is 0 Å². The molecule has 0 spiro atoms. The van der Waals surface area contributed by atoms with Gasteiger partial charge in [0.05, 0.1) is 5.56 Å². The highest BCUT2D eigenvalue weighted by Crippen LogP contribution is 2.28. The van der Waals surface area contributed by atoms with Crippen LogP contribution in [0.15, 0.2) is 27.1 Å². The van der Waals surface area contributed by atoms with Crippen molar-refractivity contribution >= 4 is 37.8 Å². The van der Waals surface area contributed by atoms with Gasteiger partial charge in [-0.15, -0.1) is 0 Å². The summed E-state index contributed by atoms with van der Waals surface area (Å²) in [5.74, 6) is 0.789. The van der Waals surface area contributed by atoms with Crippen molar-refractivity contribution in [3.8, 4) is 0 Å². The minimum absolute atomic E-state index is 0.168. The predicted molar refractivity (Wildman–Crippen MR) is 94.6 cm³/mol. The molecule has 0 atom stereocenters. The van der Waals surface area contributed by atoms with Crippen LogP contribution in [0.25, 0.3) is 0 Å². The van der Waals surface area contributed by atoms with Gasteiger partial charge in [-0.3, -0.25) is 4.79 Å². The van der Waals surface area contributed by atoms with Crippen LogP contribution in [-0.4, -0.2) is 23.4 Å². The Kier molecular flexibility index (Phi) is 6.30. The second-order valence-corrected chi connectivity index (χ2v) is 8.01. The van der Waals surface area contributed by atoms with Crippen molar-refractivity contribution in [2.45, 2.75) is 52.0 Å². The molecule has 1 aromatic rings. The van der Waals surface area contributed by atoms with Gasteiger partial charge < -0.3 is 4.90 Å². The van der Waals surface area contributed by atoms with Gasteiger partial charge in [-0.1, -0.05) is 42.6 Å². The first-order valence-electron chi connectivity index (χ1n) is 7.75. The lowest BCUT2D eigenvalue weighted by Crippen LogP contribution is -2.40. The maximum atomic E-state index is 13.0. The zero-order valence-corrected chi connectivity index (χ0v) is 15.9. The van der Waals surface area contributed by atoms with E-state index in [0.29, 0.717) is 12.0 Å². The largest absolute Gasteiger partial charge is 0.336 e. The van der Waals surface area contributed by atoms with Crippen molar-refractivity contribution in [3.05, 3.63) is 32.7 Å². The van der Waals surface area contributed by atoms with Gasteiger partial charge in [0.1, 0.15) is 0 Å². The number of hydrogen-bond acceptors (Lipinski definition) is 1. The number of benzene rings is 1. The fraction of sp³-hybridized carbons (Fsp3) is 0.588. The average Bonchev–Trinajstić information content (AvgIpc) is 2.92. The van der Waals surface area contributed by atoms with Crippen molar-refractivity contribution in [1.29, 1.82) is 0 Å². The first kappa shape index (κ1) is 17.0. The Morgan fingerprint density at radius 2 is 1.95 bits per heavy atom. The topological polar surface area (TPSA) is 20.3 Å². The molecule has 1 saturated carbocycles. The Hall–Kier alpha value is -0.350. The molecule has 2 rings (SSSR count). The van der Waals surface area contributed by atoms with E-state index >= 15 is 0 Å². The summed E-state index contributed by atoms with van der Waals surface area (Å²) in [6.45, 7) is 5.30. The van der Waals surface area contributed by atoms with E-state index in [-0.39, 0.29) is 5.91 Å². The lowest BCUT2D eigenvalue weighted by Gasteiger charge is -2.30. The molecule has 1 aliphatic rings. The molecule has 0 heterocycles. The van der Waals surface area contributed by atoms with Gasteiger partial charge in [-0.2, -0.15) is 0 Å². The molecule has 0 unspecified atom stereocenters. The van der Waals surface area contributed by atoms with E-state index in [0.717, 1.165) is 40.3 Å². The van der Waals surface area contributed by atoms with Crippen LogP contribution in [0.5, 0.6) is 0 Å². The second kappa shape index (κ2) is 7.77. The molecule has 4 heteroatoms. The summed E-state index contributed by atoms with van der Waals surface area (Å²) in [7, 11) is 0. The molecule has 21 heavy (non-hydrogen) atoms. The zero-order chi connectivity index (χ0) is 15.4. The molecule has 1 aliphatic carbocycles. The van der Waals surface area contributed by atoms with E-state index in [1.165, 1.54) is 12.8 Å². The molecule has 1 aromatic carbocycles. The molecule has 0 radical (unpaired) electrons. The third-order valence-electron chi connectivity index (χ3n) is 4.14. The van der Waals surface area contributed by atoms with E-state index < -0.39 is 0 Å². The summed E-state index contributed by atoms with van der Waals surface area (Å²) in [6.07, 6.45) is 5.86. The summed E-state index contributed by atoms with van der Waals surface area (Å²) < 4.78 is 1.86.